The van der Waals surface area contributed by atoms with Crippen LogP contribution in [-0.2, 0) is 10.2 Å². The third-order valence-corrected chi connectivity index (χ3v) is 7.53. The molecule has 0 aliphatic heterocycles. The Morgan fingerprint density at radius 3 is 2.26 bits per heavy atom. The Labute approximate surface area is 187 Å². The number of carbonyl (C=O) groups is 1. The third kappa shape index (κ3) is 4.50. The minimum atomic E-state index is -4.46. The Balaban J connectivity index is 1.61. The molecule has 0 saturated heterocycles. The molecule has 31 heavy (non-hydrogen) atoms. The quantitative estimate of drug-likeness (QED) is 0.327. The molecule has 1 heterocycles. The summed E-state index contributed by atoms with van der Waals surface area (Å²) in [4.78, 5) is 17.6. The molecule has 3 aromatic rings. The van der Waals surface area contributed by atoms with E-state index in [1.54, 1.807) is 29.3 Å². The van der Waals surface area contributed by atoms with Crippen LogP contribution in [0.1, 0.15) is 30.4 Å². The highest BCUT2D eigenvalue weighted by Crippen LogP contribution is 2.51. The molecule has 1 aliphatic rings. The number of aromatic nitrogens is 1. The van der Waals surface area contributed by atoms with Crippen molar-refractivity contribution in [1.29, 1.82) is 0 Å². The van der Waals surface area contributed by atoms with Crippen molar-refractivity contribution in [2.75, 3.05) is 12.3 Å². The van der Waals surface area contributed by atoms with Gasteiger partial charge in [-0.25, -0.2) is 4.98 Å². The van der Waals surface area contributed by atoms with E-state index in [1.807, 2.05) is 53.9 Å². The Kier molecular flexibility index (Phi) is 6.39. The summed E-state index contributed by atoms with van der Waals surface area (Å²) in [7, 11) is 0. The number of alkyl halides is 3. The number of amides is 1. The standard InChI is InChI=1S/C23H21F3N2OS2/c24-23(25,26)15-28-20(29)22(11-5-6-13-30-21-27-12-14-31-21)18-9-3-1-7-16(18)17-8-2-4-10-19(17)22/h1-4,7-10,12,14H,5-6,11,13,15H2,(H,28,29). The van der Waals surface area contributed by atoms with Gasteiger partial charge in [0, 0.05) is 17.3 Å². The van der Waals surface area contributed by atoms with Crippen LogP contribution in [0.3, 0.4) is 0 Å². The summed E-state index contributed by atoms with van der Waals surface area (Å²) in [5.74, 6) is 0.256. The van der Waals surface area contributed by atoms with Gasteiger partial charge in [0.05, 0.1) is 0 Å². The lowest BCUT2D eigenvalue weighted by atomic mass is 9.73. The maximum absolute atomic E-state index is 13.4. The SMILES string of the molecule is O=C(NCC(F)(F)F)C1(CCCCSc2nccs2)c2ccccc2-c2ccccc21. The Bertz CT molecular complexity index is 1010. The summed E-state index contributed by atoms with van der Waals surface area (Å²) in [5, 5.41) is 4.10. The molecular formula is C23H21F3N2OS2. The molecule has 0 fully saturated rings. The van der Waals surface area contributed by atoms with Crippen molar-refractivity contribution in [1.82, 2.24) is 10.3 Å². The molecule has 1 N–H and O–H groups in total. The summed E-state index contributed by atoms with van der Waals surface area (Å²) in [6.07, 6.45) is -0.704. The van der Waals surface area contributed by atoms with E-state index in [-0.39, 0.29) is 0 Å². The summed E-state index contributed by atoms with van der Waals surface area (Å²) in [6, 6.07) is 15.1. The largest absolute Gasteiger partial charge is 0.405 e. The van der Waals surface area contributed by atoms with Crippen LogP contribution in [0, 0.1) is 0 Å². The van der Waals surface area contributed by atoms with E-state index >= 15 is 0 Å². The van der Waals surface area contributed by atoms with E-state index in [0.29, 0.717) is 12.8 Å². The van der Waals surface area contributed by atoms with Gasteiger partial charge in [0.15, 0.2) is 0 Å². The number of thiazole rings is 1. The first kappa shape index (κ1) is 21.9. The number of rotatable bonds is 8. The second-order valence-corrected chi connectivity index (χ2v) is 9.63. The van der Waals surface area contributed by atoms with Crippen LogP contribution in [0.15, 0.2) is 64.4 Å². The second kappa shape index (κ2) is 9.04. The van der Waals surface area contributed by atoms with E-state index in [9.17, 15) is 18.0 Å². The predicted octanol–water partition coefficient (Wildman–Crippen LogP) is 6.05. The zero-order chi connectivity index (χ0) is 21.9. The van der Waals surface area contributed by atoms with Crippen molar-refractivity contribution in [2.24, 2.45) is 0 Å². The number of nitrogens with one attached hydrogen (secondary N) is 1. The molecule has 0 spiro atoms. The number of carbonyl (C=O) groups excluding carboxylic acids is 1. The number of thioether (sulfide) groups is 1. The van der Waals surface area contributed by atoms with Crippen molar-refractivity contribution < 1.29 is 18.0 Å². The molecule has 0 unspecified atom stereocenters. The Hall–Kier alpha value is -2.32. The summed E-state index contributed by atoms with van der Waals surface area (Å²) in [5.41, 5.74) is 2.27. The van der Waals surface area contributed by atoms with Crippen LogP contribution in [0.2, 0.25) is 0 Å². The molecule has 162 valence electrons. The second-order valence-electron chi connectivity index (χ2n) is 7.40. The third-order valence-electron chi connectivity index (χ3n) is 5.48. The van der Waals surface area contributed by atoms with Crippen molar-refractivity contribution in [2.45, 2.75) is 35.2 Å². The molecule has 0 atom stereocenters. The Morgan fingerprint density at radius 1 is 1.03 bits per heavy atom. The maximum Gasteiger partial charge on any atom is 0.405 e. The van der Waals surface area contributed by atoms with E-state index in [1.165, 1.54) is 0 Å². The Morgan fingerprint density at radius 2 is 1.68 bits per heavy atom. The van der Waals surface area contributed by atoms with Crippen LogP contribution >= 0.6 is 23.1 Å². The first-order valence-electron chi connectivity index (χ1n) is 9.98. The normalized spacial score (nSPS) is 14.2. The predicted molar refractivity (Wildman–Crippen MR) is 118 cm³/mol. The maximum atomic E-state index is 13.4. The molecule has 1 amide bonds. The molecule has 4 rings (SSSR count). The number of fused-ring (bicyclic) bond motifs is 3. The van der Waals surface area contributed by atoms with Gasteiger partial charge in [0.1, 0.15) is 16.3 Å². The highest BCUT2D eigenvalue weighted by atomic mass is 32.2. The number of nitrogens with zero attached hydrogens (tertiary/aromatic N) is 1. The van der Waals surface area contributed by atoms with Crippen LogP contribution in [0.25, 0.3) is 11.1 Å². The van der Waals surface area contributed by atoms with Gasteiger partial charge in [-0.3, -0.25) is 4.79 Å². The highest BCUT2D eigenvalue weighted by Gasteiger charge is 2.49. The molecule has 0 radical (unpaired) electrons. The fraction of sp³-hybridized carbons (Fsp3) is 0.304. The fourth-order valence-corrected chi connectivity index (χ4v) is 5.92. The zero-order valence-electron chi connectivity index (χ0n) is 16.6. The molecule has 0 bridgehead atoms. The average Bonchev–Trinajstić information content (AvgIpc) is 3.37. The van der Waals surface area contributed by atoms with Crippen molar-refractivity contribution >= 4 is 29.0 Å². The molecule has 1 aliphatic carbocycles. The van der Waals surface area contributed by atoms with Crippen LogP contribution in [0.5, 0.6) is 0 Å². The number of halogens is 3. The first-order chi connectivity index (χ1) is 14.9. The fourth-order valence-electron chi connectivity index (χ4n) is 4.22. The van der Waals surface area contributed by atoms with Crippen molar-refractivity contribution in [3.63, 3.8) is 0 Å². The monoisotopic (exact) mass is 462 g/mol. The van der Waals surface area contributed by atoms with Crippen LogP contribution in [0.4, 0.5) is 13.2 Å². The summed E-state index contributed by atoms with van der Waals surface area (Å²) < 4.78 is 39.6. The number of hydrogen-bond acceptors (Lipinski definition) is 4. The number of benzene rings is 2. The van der Waals surface area contributed by atoms with Crippen molar-refractivity contribution in [3.05, 3.63) is 71.2 Å². The molecule has 1 aromatic heterocycles. The highest BCUT2D eigenvalue weighted by molar-refractivity contribution is 8.00. The van der Waals surface area contributed by atoms with Gasteiger partial charge in [-0.1, -0.05) is 66.7 Å². The summed E-state index contributed by atoms with van der Waals surface area (Å²) in [6.45, 7) is -1.34. The van der Waals surface area contributed by atoms with E-state index < -0.39 is 24.0 Å². The molecule has 2 aromatic carbocycles. The lowest BCUT2D eigenvalue weighted by Gasteiger charge is -2.31. The van der Waals surface area contributed by atoms with Gasteiger partial charge in [-0.05, 0) is 35.1 Å². The zero-order valence-corrected chi connectivity index (χ0v) is 18.2. The van der Waals surface area contributed by atoms with Gasteiger partial charge in [0.2, 0.25) is 5.91 Å². The van der Waals surface area contributed by atoms with E-state index in [0.717, 1.165) is 38.8 Å². The molecule has 0 saturated carbocycles. The molecule has 8 heteroatoms. The average molecular weight is 463 g/mol. The first-order valence-corrected chi connectivity index (χ1v) is 11.8. The molecular weight excluding hydrogens is 441 g/mol. The van der Waals surface area contributed by atoms with Crippen molar-refractivity contribution in [3.8, 4) is 11.1 Å². The van der Waals surface area contributed by atoms with Crippen LogP contribution < -0.4 is 5.32 Å². The van der Waals surface area contributed by atoms with Gasteiger partial charge in [-0.2, -0.15) is 13.2 Å². The number of hydrogen-bond donors (Lipinski definition) is 1. The molecule has 3 nitrogen and oxygen atoms in total. The van der Waals surface area contributed by atoms with E-state index in [2.05, 4.69) is 10.3 Å². The minimum Gasteiger partial charge on any atom is -0.346 e. The van der Waals surface area contributed by atoms with Gasteiger partial charge in [0.25, 0.3) is 0 Å². The lowest BCUT2D eigenvalue weighted by molar-refractivity contribution is -0.141. The lowest BCUT2D eigenvalue weighted by Crippen LogP contribution is -2.47. The minimum absolute atomic E-state index is 0.448. The topological polar surface area (TPSA) is 42.0 Å². The smallest absolute Gasteiger partial charge is 0.346 e. The van der Waals surface area contributed by atoms with Gasteiger partial charge in [-0.15, -0.1) is 11.3 Å². The van der Waals surface area contributed by atoms with Gasteiger partial charge >= 0.3 is 6.18 Å². The van der Waals surface area contributed by atoms with Gasteiger partial charge < -0.3 is 5.32 Å². The van der Waals surface area contributed by atoms with Crippen LogP contribution in [-0.4, -0.2) is 29.4 Å². The van der Waals surface area contributed by atoms with E-state index in [4.69, 9.17) is 0 Å². The summed E-state index contributed by atoms with van der Waals surface area (Å²) >= 11 is 3.24. The number of unbranched alkanes of at least 4 members (excludes halogenated alkanes) is 1.